The zero-order valence-corrected chi connectivity index (χ0v) is 20.9. The predicted molar refractivity (Wildman–Crippen MR) is 135 cm³/mol. The van der Waals surface area contributed by atoms with E-state index in [-0.39, 0.29) is 11.8 Å². The molecule has 182 valence electrons. The molecule has 3 N–H and O–H groups in total. The molecule has 0 spiro atoms. The minimum atomic E-state index is -2.61. The van der Waals surface area contributed by atoms with Crippen LogP contribution in [0.1, 0.15) is 53.0 Å². The molecule has 8 nitrogen and oxygen atoms in total. The summed E-state index contributed by atoms with van der Waals surface area (Å²) in [5.41, 5.74) is 5.35. The zero-order valence-electron chi connectivity index (χ0n) is 19.2. The van der Waals surface area contributed by atoms with E-state index in [0.29, 0.717) is 29.0 Å². The molecule has 1 unspecified atom stereocenters. The largest absolute Gasteiger partial charge is 0.612 e. The van der Waals surface area contributed by atoms with Gasteiger partial charge in [0.25, 0.3) is 0 Å². The fraction of sp³-hybridized carbons (Fsp3) is 0.240. The SMILES string of the molecule is CCOC(=O)c1csc(-n2nc(-c3ccccc3)c(Cc3ccc([SH+](=O)[O-])cc3)c2C2CC2)n1.N. The Morgan fingerprint density at radius 3 is 2.51 bits per heavy atom. The van der Waals surface area contributed by atoms with Crippen molar-refractivity contribution >= 4 is 28.4 Å². The van der Waals surface area contributed by atoms with Crippen LogP contribution in [0.15, 0.2) is 64.9 Å². The lowest BCUT2D eigenvalue weighted by Crippen LogP contribution is -2.07. The minimum Gasteiger partial charge on any atom is -0.612 e. The summed E-state index contributed by atoms with van der Waals surface area (Å²) in [5, 5.41) is 7.32. The molecule has 5 rings (SSSR count). The summed E-state index contributed by atoms with van der Waals surface area (Å²) in [7, 11) is 0. The Bertz CT molecular complexity index is 1350. The molecule has 1 atom stereocenters. The summed E-state index contributed by atoms with van der Waals surface area (Å²) in [6.07, 6.45) is 2.75. The van der Waals surface area contributed by atoms with Crippen LogP contribution in [0.5, 0.6) is 0 Å². The Morgan fingerprint density at radius 2 is 1.89 bits per heavy atom. The number of ether oxygens (including phenoxy) is 1. The van der Waals surface area contributed by atoms with Crippen LogP contribution in [0.3, 0.4) is 0 Å². The van der Waals surface area contributed by atoms with Crippen molar-refractivity contribution in [1.29, 1.82) is 0 Å². The quantitative estimate of drug-likeness (QED) is 0.201. The lowest BCUT2D eigenvalue weighted by molar-refractivity contribution is 0.0520. The summed E-state index contributed by atoms with van der Waals surface area (Å²) in [6, 6.07) is 17.0. The van der Waals surface area contributed by atoms with Crippen LogP contribution in [0.25, 0.3) is 16.4 Å². The molecule has 0 amide bonds. The second-order valence-electron chi connectivity index (χ2n) is 8.10. The van der Waals surface area contributed by atoms with Crippen LogP contribution in [0, 0.1) is 0 Å². The zero-order chi connectivity index (χ0) is 23.7. The maximum absolute atomic E-state index is 12.2. The molecule has 1 saturated carbocycles. The minimum absolute atomic E-state index is 0. The highest BCUT2D eigenvalue weighted by atomic mass is 32.2. The van der Waals surface area contributed by atoms with Crippen molar-refractivity contribution < 1.29 is 18.3 Å². The van der Waals surface area contributed by atoms with Crippen LogP contribution in [0.2, 0.25) is 0 Å². The van der Waals surface area contributed by atoms with Crippen LogP contribution in [0.4, 0.5) is 0 Å². The third kappa shape index (κ3) is 5.25. The fourth-order valence-electron chi connectivity index (χ4n) is 3.99. The van der Waals surface area contributed by atoms with Gasteiger partial charge in [-0.3, -0.25) is 0 Å². The van der Waals surface area contributed by atoms with Crippen LogP contribution >= 0.6 is 11.3 Å². The van der Waals surface area contributed by atoms with Crippen molar-refractivity contribution in [3.63, 3.8) is 0 Å². The monoisotopic (exact) mass is 510 g/mol. The van der Waals surface area contributed by atoms with Gasteiger partial charge in [0.2, 0.25) is 5.13 Å². The molecule has 0 aliphatic heterocycles. The smallest absolute Gasteiger partial charge is 0.357 e. The Kier molecular flexibility index (Phi) is 7.56. The molecule has 35 heavy (non-hydrogen) atoms. The molecular formula is C25H26N4O4S2. The first kappa shape index (κ1) is 24.9. The lowest BCUT2D eigenvalue weighted by atomic mass is 9.97. The first-order valence-corrected chi connectivity index (χ1v) is 13.1. The Morgan fingerprint density at radius 1 is 1.17 bits per heavy atom. The molecule has 1 aliphatic rings. The number of aromatic nitrogens is 3. The van der Waals surface area contributed by atoms with E-state index in [1.54, 1.807) is 24.4 Å². The van der Waals surface area contributed by atoms with E-state index in [0.717, 1.165) is 40.9 Å². The first-order chi connectivity index (χ1) is 16.5. The number of carbonyl (C=O) groups is 1. The topological polar surface area (TPSA) is 132 Å². The lowest BCUT2D eigenvalue weighted by Gasteiger charge is -2.08. The Balaban J connectivity index is 0.00000289. The molecular weight excluding hydrogens is 484 g/mol. The normalized spacial score (nSPS) is 13.8. The summed E-state index contributed by atoms with van der Waals surface area (Å²) < 4.78 is 29.6. The van der Waals surface area contributed by atoms with Gasteiger partial charge < -0.3 is 15.4 Å². The standard InChI is InChI=1S/C25H23N3O4S2.H3N/c1-2-32-24(29)21-15-33-25(26-21)28-23(18-10-11-18)20(22(27-28)17-6-4-3-5-7-17)14-16-8-12-19(13-9-16)34(30)31;/h3-9,12-13,15,18,34H,2,10-11,14H2,1H3;1H3. The average molecular weight is 511 g/mol. The third-order valence-electron chi connectivity index (χ3n) is 5.72. The second kappa shape index (κ2) is 10.6. The number of rotatable bonds is 8. The van der Waals surface area contributed by atoms with Crippen molar-refractivity contribution in [2.24, 2.45) is 0 Å². The van der Waals surface area contributed by atoms with E-state index < -0.39 is 17.0 Å². The van der Waals surface area contributed by atoms with E-state index in [1.165, 1.54) is 11.3 Å². The average Bonchev–Trinajstić information content (AvgIpc) is 3.44. The van der Waals surface area contributed by atoms with Crippen LogP contribution in [-0.4, -0.2) is 31.9 Å². The molecule has 2 aromatic carbocycles. The molecule has 10 heteroatoms. The van der Waals surface area contributed by atoms with E-state index >= 15 is 0 Å². The number of thiazole rings is 1. The molecule has 1 aliphatic carbocycles. The fourth-order valence-corrected chi connectivity index (χ4v) is 5.14. The van der Waals surface area contributed by atoms with Gasteiger partial charge in [-0.25, -0.2) is 14.5 Å². The molecule has 2 heterocycles. The number of benzene rings is 2. The predicted octanol–water partition coefficient (Wildman–Crippen LogP) is 4.99. The molecule has 1 fully saturated rings. The van der Waals surface area contributed by atoms with Crippen molar-refractivity contribution in [2.75, 3.05) is 6.61 Å². The molecule has 2 aromatic heterocycles. The number of esters is 1. The van der Waals surface area contributed by atoms with Crippen molar-refractivity contribution in [1.82, 2.24) is 20.9 Å². The molecule has 4 aromatic rings. The summed E-state index contributed by atoms with van der Waals surface area (Å²) in [4.78, 5) is 17.0. The maximum Gasteiger partial charge on any atom is 0.357 e. The van der Waals surface area contributed by atoms with Crippen molar-refractivity contribution in [3.8, 4) is 16.4 Å². The number of nitrogens with zero attached hydrogens (tertiary/aromatic N) is 3. The summed E-state index contributed by atoms with van der Waals surface area (Å²) >= 11 is -1.24. The van der Waals surface area contributed by atoms with Gasteiger partial charge in [0.1, 0.15) is 0 Å². The van der Waals surface area contributed by atoms with Crippen molar-refractivity contribution in [3.05, 3.63) is 82.5 Å². The van der Waals surface area contributed by atoms with E-state index in [1.807, 2.05) is 47.1 Å². The van der Waals surface area contributed by atoms with Gasteiger partial charge in [0, 0.05) is 28.8 Å². The Labute approximate surface area is 209 Å². The van der Waals surface area contributed by atoms with Gasteiger partial charge in [0.15, 0.2) is 10.6 Å². The van der Waals surface area contributed by atoms with Gasteiger partial charge in [-0.1, -0.05) is 42.5 Å². The van der Waals surface area contributed by atoms with E-state index in [2.05, 4.69) is 4.98 Å². The number of thiol groups is 1. The molecule has 0 radical (unpaired) electrons. The summed E-state index contributed by atoms with van der Waals surface area (Å²) in [5.74, 6) is -0.0734. The molecule has 0 bridgehead atoms. The van der Waals surface area contributed by atoms with Gasteiger partial charge in [-0.05, 0) is 37.5 Å². The highest BCUT2D eigenvalue weighted by molar-refractivity contribution is 7.79. The van der Waals surface area contributed by atoms with Crippen LogP contribution < -0.4 is 6.15 Å². The number of hydrogen-bond acceptors (Lipinski definition) is 8. The third-order valence-corrected chi connectivity index (χ3v) is 7.26. The number of carbonyl (C=O) groups excluding carboxylic acids is 1. The number of hydrogen-bond donors (Lipinski definition) is 1. The maximum atomic E-state index is 12.2. The van der Waals surface area contributed by atoms with Gasteiger partial charge >= 0.3 is 5.97 Å². The first-order valence-electron chi connectivity index (χ1n) is 11.1. The molecule has 0 saturated heterocycles. The van der Waals surface area contributed by atoms with Gasteiger partial charge in [0.05, 0.1) is 29.1 Å². The second-order valence-corrected chi connectivity index (χ2v) is 9.97. The van der Waals surface area contributed by atoms with Crippen molar-refractivity contribution in [2.45, 2.75) is 37.0 Å². The van der Waals surface area contributed by atoms with Crippen LogP contribution in [-0.2, 0) is 26.4 Å². The highest BCUT2D eigenvalue weighted by Gasteiger charge is 2.34. The van der Waals surface area contributed by atoms with E-state index in [4.69, 9.17) is 9.84 Å². The van der Waals surface area contributed by atoms with Gasteiger partial charge in [-0.2, -0.15) is 5.10 Å². The summed E-state index contributed by atoms with van der Waals surface area (Å²) in [6.45, 7) is 2.06. The highest BCUT2D eigenvalue weighted by Crippen LogP contribution is 2.45. The Hall–Kier alpha value is -3.18. The van der Waals surface area contributed by atoms with Gasteiger partial charge in [-0.15, -0.1) is 15.5 Å². The van der Waals surface area contributed by atoms with E-state index in [9.17, 15) is 13.6 Å².